The molecule has 0 saturated carbocycles. The van der Waals surface area contributed by atoms with Crippen molar-refractivity contribution >= 4 is 54.3 Å². The molecule has 10 rings (SSSR count). The standard InChI is InChI=1S/C45H27N3O/c1-3-12-28(13-4-1)43-46-44(29-14-5-2-6-15-29)48-45(47-43)33-17-11-16-30(27-33)31-22-24-34-32(26-31)23-25-38-40(34)35-18-7-8-19-36(35)42-41(38)37-20-9-10-21-39(37)49-42/h1-27H. The molecule has 0 atom stereocenters. The largest absolute Gasteiger partial charge is 0.455 e. The van der Waals surface area contributed by atoms with Crippen molar-refractivity contribution in [2.75, 3.05) is 0 Å². The summed E-state index contributed by atoms with van der Waals surface area (Å²) >= 11 is 0. The van der Waals surface area contributed by atoms with Gasteiger partial charge >= 0.3 is 0 Å². The Hall–Kier alpha value is -6.65. The summed E-state index contributed by atoms with van der Waals surface area (Å²) in [6, 6.07) is 56.9. The Labute approximate surface area is 282 Å². The third-order valence-electron chi connectivity index (χ3n) is 9.48. The zero-order valence-corrected chi connectivity index (χ0v) is 26.3. The summed E-state index contributed by atoms with van der Waals surface area (Å²) < 4.78 is 6.46. The lowest BCUT2D eigenvalue weighted by atomic mass is 9.91. The Kier molecular flexibility index (Phi) is 6.15. The third-order valence-corrected chi connectivity index (χ3v) is 9.48. The van der Waals surface area contributed by atoms with Gasteiger partial charge in [-0.3, -0.25) is 0 Å². The van der Waals surface area contributed by atoms with Gasteiger partial charge in [0, 0.05) is 32.8 Å². The Bertz CT molecular complexity index is 2820. The van der Waals surface area contributed by atoms with E-state index < -0.39 is 0 Å². The highest BCUT2D eigenvalue weighted by atomic mass is 16.3. The van der Waals surface area contributed by atoms with Crippen LogP contribution < -0.4 is 0 Å². The summed E-state index contributed by atoms with van der Waals surface area (Å²) in [5.74, 6) is 1.95. The molecule has 4 nitrogen and oxygen atoms in total. The minimum Gasteiger partial charge on any atom is -0.455 e. The number of rotatable bonds is 4. The lowest BCUT2D eigenvalue weighted by Gasteiger charge is -2.12. The van der Waals surface area contributed by atoms with E-state index in [0.29, 0.717) is 17.5 Å². The van der Waals surface area contributed by atoms with Crippen molar-refractivity contribution in [1.82, 2.24) is 15.0 Å². The van der Waals surface area contributed by atoms with E-state index in [1.165, 1.54) is 32.3 Å². The van der Waals surface area contributed by atoms with Crippen molar-refractivity contribution in [3.05, 3.63) is 164 Å². The molecule has 2 aromatic heterocycles. The van der Waals surface area contributed by atoms with E-state index in [2.05, 4.69) is 97.1 Å². The Morgan fingerprint density at radius 3 is 1.61 bits per heavy atom. The number of benzene rings is 8. The maximum absolute atomic E-state index is 6.46. The van der Waals surface area contributed by atoms with Crippen molar-refractivity contribution in [2.24, 2.45) is 0 Å². The zero-order chi connectivity index (χ0) is 32.3. The van der Waals surface area contributed by atoms with Gasteiger partial charge in [0.15, 0.2) is 17.5 Å². The van der Waals surface area contributed by atoms with Crippen molar-refractivity contribution in [1.29, 1.82) is 0 Å². The van der Waals surface area contributed by atoms with E-state index in [4.69, 9.17) is 19.4 Å². The first-order chi connectivity index (χ1) is 24.3. The number of fused-ring (bicyclic) bond motifs is 10. The van der Waals surface area contributed by atoms with Crippen LogP contribution in [0.4, 0.5) is 0 Å². The molecule has 228 valence electrons. The first kappa shape index (κ1) is 27.5. The van der Waals surface area contributed by atoms with Gasteiger partial charge in [0.05, 0.1) is 0 Å². The van der Waals surface area contributed by atoms with Crippen LogP contribution in [0, 0.1) is 0 Å². The van der Waals surface area contributed by atoms with Crippen LogP contribution in [0.15, 0.2) is 168 Å². The van der Waals surface area contributed by atoms with E-state index >= 15 is 0 Å². The topological polar surface area (TPSA) is 51.8 Å². The summed E-state index contributed by atoms with van der Waals surface area (Å²) in [4.78, 5) is 14.8. The molecular weight excluding hydrogens is 599 g/mol. The second-order valence-electron chi connectivity index (χ2n) is 12.4. The van der Waals surface area contributed by atoms with Gasteiger partial charge < -0.3 is 4.42 Å². The van der Waals surface area contributed by atoms with Crippen molar-refractivity contribution in [2.45, 2.75) is 0 Å². The average molecular weight is 626 g/mol. The summed E-state index contributed by atoms with van der Waals surface area (Å²) in [6.45, 7) is 0. The average Bonchev–Trinajstić information content (AvgIpc) is 3.58. The van der Waals surface area contributed by atoms with Gasteiger partial charge in [0.25, 0.3) is 0 Å². The van der Waals surface area contributed by atoms with Crippen LogP contribution in [0.1, 0.15) is 0 Å². The maximum Gasteiger partial charge on any atom is 0.164 e. The molecule has 2 heterocycles. The zero-order valence-electron chi connectivity index (χ0n) is 26.3. The molecule has 10 aromatic rings. The van der Waals surface area contributed by atoms with Crippen LogP contribution >= 0.6 is 0 Å². The molecule has 0 fully saturated rings. The van der Waals surface area contributed by atoms with Crippen LogP contribution in [0.5, 0.6) is 0 Å². The number of aromatic nitrogens is 3. The molecule has 0 radical (unpaired) electrons. The summed E-state index contributed by atoms with van der Waals surface area (Å²) in [5, 5.41) is 9.51. The molecule has 0 aliphatic heterocycles. The fraction of sp³-hybridized carbons (Fsp3) is 0. The van der Waals surface area contributed by atoms with Gasteiger partial charge in [-0.15, -0.1) is 0 Å². The molecule has 0 saturated heterocycles. The van der Waals surface area contributed by atoms with Gasteiger partial charge in [-0.2, -0.15) is 0 Å². The minimum atomic E-state index is 0.643. The number of hydrogen-bond donors (Lipinski definition) is 0. The first-order valence-electron chi connectivity index (χ1n) is 16.4. The first-order valence-corrected chi connectivity index (χ1v) is 16.4. The van der Waals surface area contributed by atoms with Crippen molar-refractivity contribution in [3.63, 3.8) is 0 Å². The molecule has 0 unspecified atom stereocenters. The molecule has 4 heteroatoms. The van der Waals surface area contributed by atoms with E-state index in [1.54, 1.807) is 0 Å². The maximum atomic E-state index is 6.46. The Morgan fingerprint density at radius 2 is 0.878 bits per heavy atom. The van der Waals surface area contributed by atoms with E-state index in [1.807, 2.05) is 66.7 Å². The quantitative estimate of drug-likeness (QED) is 0.183. The van der Waals surface area contributed by atoms with E-state index in [-0.39, 0.29) is 0 Å². The molecule has 49 heavy (non-hydrogen) atoms. The van der Waals surface area contributed by atoms with Gasteiger partial charge in [0.1, 0.15) is 11.2 Å². The van der Waals surface area contributed by atoms with Gasteiger partial charge in [-0.05, 0) is 56.3 Å². The highest BCUT2D eigenvalue weighted by Gasteiger charge is 2.18. The van der Waals surface area contributed by atoms with E-state index in [0.717, 1.165) is 49.8 Å². The number of para-hydroxylation sites is 1. The second kappa shape index (κ2) is 11.0. The SMILES string of the molecule is c1ccc(-c2nc(-c3ccccc3)nc(-c3cccc(-c4ccc5c(ccc6c5c5ccccc5c5oc7ccccc7c65)c4)c3)n2)cc1. The van der Waals surface area contributed by atoms with Crippen molar-refractivity contribution < 1.29 is 4.42 Å². The number of nitrogens with zero attached hydrogens (tertiary/aromatic N) is 3. The molecule has 0 N–H and O–H groups in total. The summed E-state index contributed by atoms with van der Waals surface area (Å²) in [6.07, 6.45) is 0. The minimum absolute atomic E-state index is 0.643. The smallest absolute Gasteiger partial charge is 0.164 e. The molecule has 8 aromatic carbocycles. The van der Waals surface area contributed by atoms with Gasteiger partial charge in [-0.25, -0.2) is 15.0 Å². The Morgan fingerprint density at radius 1 is 0.327 bits per heavy atom. The van der Waals surface area contributed by atoms with Gasteiger partial charge in [-0.1, -0.05) is 146 Å². The molecular formula is C45H27N3O. The van der Waals surface area contributed by atoms with Crippen LogP contribution in [-0.4, -0.2) is 15.0 Å². The molecule has 0 bridgehead atoms. The van der Waals surface area contributed by atoms with E-state index in [9.17, 15) is 0 Å². The van der Waals surface area contributed by atoms with Gasteiger partial charge in [0.2, 0.25) is 0 Å². The monoisotopic (exact) mass is 625 g/mol. The highest BCUT2D eigenvalue weighted by molar-refractivity contribution is 6.34. The summed E-state index contributed by atoms with van der Waals surface area (Å²) in [7, 11) is 0. The van der Waals surface area contributed by atoms with Crippen molar-refractivity contribution in [3.8, 4) is 45.3 Å². The fourth-order valence-electron chi connectivity index (χ4n) is 7.19. The number of hydrogen-bond acceptors (Lipinski definition) is 4. The second-order valence-corrected chi connectivity index (χ2v) is 12.4. The lowest BCUT2D eigenvalue weighted by molar-refractivity contribution is 0.673. The fourth-order valence-corrected chi connectivity index (χ4v) is 7.19. The normalized spacial score (nSPS) is 11.7. The van der Waals surface area contributed by atoms with Crippen LogP contribution in [0.25, 0.3) is 99.5 Å². The highest BCUT2D eigenvalue weighted by Crippen LogP contribution is 2.43. The third kappa shape index (κ3) is 4.49. The van der Waals surface area contributed by atoms with Crippen LogP contribution in [0.3, 0.4) is 0 Å². The number of furan rings is 1. The lowest BCUT2D eigenvalue weighted by Crippen LogP contribution is -2.00. The molecule has 0 aliphatic rings. The predicted octanol–water partition coefficient (Wildman–Crippen LogP) is 11.9. The molecule has 0 spiro atoms. The Balaban J connectivity index is 1.14. The molecule has 0 amide bonds. The molecule has 0 aliphatic carbocycles. The van der Waals surface area contributed by atoms with Crippen LogP contribution in [0.2, 0.25) is 0 Å². The van der Waals surface area contributed by atoms with Crippen LogP contribution in [-0.2, 0) is 0 Å². The predicted molar refractivity (Wildman–Crippen MR) is 201 cm³/mol. The summed E-state index contributed by atoms with van der Waals surface area (Å²) in [5.41, 5.74) is 6.94.